The van der Waals surface area contributed by atoms with Crippen molar-refractivity contribution in [3.8, 4) is 5.75 Å². The van der Waals surface area contributed by atoms with Crippen LogP contribution in [0.1, 0.15) is 60.6 Å². The molecule has 5 heterocycles. The van der Waals surface area contributed by atoms with E-state index in [1.807, 2.05) is 19.1 Å². The maximum absolute atomic E-state index is 14.8. The third kappa shape index (κ3) is 6.60. The van der Waals surface area contributed by atoms with E-state index in [-0.39, 0.29) is 28.9 Å². The molecule has 0 saturated heterocycles. The van der Waals surface area contributed by atoms with E-state index < -0.39 is 15.8 Å². The first-order chi connectivity index (χ1) is 24.6. The molecule has 1 aromatic carbocycles. The summed E-state index contributed by atoms with van der Waals surface area (Å²) in [6.07, 6.45) is 13.1. The minimum absolute atomic E-state index is 0.0500. The van der Waals surface area contributed by atoms with Crippen LogP contribution < -0.4 is 14.4 Å². The van der Waals surface area contributed by atoms with Gasteiger partial charge in [-0.3, -0.25) is 14.2 Å². The molecule has 12 nitrogen and oxygen atoms in total. The molecule has 1 spiro atoms. The summed E-state index contributed by atoms with van der Waals surface area (Å²) in [5.74, 6) is 1.59. The van der Waals surface area contributed by atoms with Gasteiger partial charge in [-0.1, -0.05) is 36.7 Å². The molecule has 1 N–H and O–H groups in total. The number of allylic oxidation sites excluding steroid dienone is 1. The third-order valence-corrected chi connectivity index (χ3v) is 13.2. The number of hydrogen-bond acceptors (Lipinski definition) is 9. The minimum Gasteiger partial charge on any atom is -0.489 e. The molecule has 1 amide bonds. The van der Waals surface area contributed by atoms with Gasteiger partial charge < -0.3 is 14.4 Å². The van der Waals surface area contributed by atoms with Crippen molar-refractivity contribution in [2.75, 3.05) is 42.2 Å². The Morgan fingerprint density at radius 1 is 1.18 bits per heavy atom. The number of nitrogens with one attached hydrogen (secondary N) is 1. The molecule has 6 atom stereocenters. The lowest BCUT2D eigenvalue weighted by atomic mass is 9.68. The smallest absolute Gasteiger partial charge is 0.305 e. The van der Waals surface area contributed by atoms with E-state index in [4.69, 9.17) is 26.1 Å². The highest BCUT2D eigenvalue weighted by atomic mass is 35.5. The Balaban J connectivity index is 1.22. The van der Waals surface area contributed by atoms with Gasteiger partial charge in [0.2, 0.25) is 0 Å². The molecule has 1 saturated carbocycles. The predicted molar refractivity (Wildman–Crippen MR) is 198 cm³/mol. The van der Waals surface area contributed by atoms with Crippen molar-refractivity contribution in [2.45, 2.75) is 57.0 Å². The topological polar surface area (TPSA) is 137 Å². The second-order valence-corrected chi connectivity index (χ2v) is 17.1. The molecule has 2 aliphatic heterocycles. The molecule has 4 aliphatic rings. The van der Waals surface area contributed by atoms with Gasteiger partial charge in [0.15, 0.2) is 23.0 Å². The van der Waals surface area contributed by atoms with E-state index in [1.54, 1.807) is 31.1 Å². The van der Waals surface area contributed by atoms with E-state index in [2.05, 4.69) is 53.3 Å². The van der Waals surface area contributed by atoms with Crippen LogP contribution in [0.15, 0.2) is 59.4 Å². The summed E-state index contributed by atoms with van der Waals surface area (Å²) in [7, 11) is 0.161. The van der Waals surface area contributed by atoms with Crippen molar-refractivity contribution in [3.63, 3.8) is 0 Å². The van der Waals surface area contributed by atoms with Gasteiger partial charge in [-0.2, -0.15) is 5.10 Å². The van der Waals surface area contributed by atoms with Gasteiger partial charge in [0, 0.05) is 43.9 Å². The highest BCUT2D eigenvalue weighted by Crippen LogP contribution is 2.46. The van der Waals surface area contributed by atoms with Crippen LogP contribution in [0, 0.1) is 17.8 Å². The van der Waals surface area contributed by atoms with Gasteiger partial charge >= 0.3 is 5.91 Å². The number of nitrogens with zero attached hydrogens (tertiary/aromatic N) is 7. The van der Waals surface area contributed by atoms with Crippen molar-refractivity contribution in [1.82, 2.24) is 24.7 Å². The number of halogens is 1. The molecule has 268 valence electrons. The average molecular weight is 731 g/mol. The van der Waals surface area contributed by atoms with E-state index in [0.717, 1.165) is 43.7 Å². The van der Waals surface area contributed by atoms with Crippen LogP contribution in [0.4, 0.5) is 11.6 Å². The number of methoxy groups -OCH3 is 1. The summed E-state index contributed by atoms with van der Waals surface area (Å²) < 4.78 is 36.5. The molecule has 1 fully saturated rings. The quantitative estimate of drug-likeness (QED) is 0.246. The Bertz CT molecular complexity index is 2150. The number of carbonyl (C=O) groups is 1. The number of benzene rings is 1. The largest absolute Gasteiger partial charge is 0.489 e. The number of carbonyl (C=O) groups excluding carboxylic acids is 1. The number of aryl methyl sites for hydroxylation is 2. The van der Waals surface area contributed by atoms with Gasteiger partial charge in [0.25, 0.3) is 0 Å². The van der Waals surface area contributed by atoms with Crippen LogP contribution in [0.5, 0.6) is 5.75 Å². The fourth-order valence-corrected chi connectivity index (χ4v) is 10.5. The molecular weight excluding hydrogens is 688 g/mol. The lowest BCUT2D eigenvalue weighted by Crippen LogP contribution is -2.49. The number of hydrogen-bond donors (Lipinski definition) is 1. The van der Waals surface area contributed by atoms with Crippen molar-refractivity contribution < 1.29 is 18.5 Å². The normalized spacial score (nSPS) is 30.0. The fraction of sp³-hybridized carbons (Fsp3) is 0.486. The first-order valence-electron chi connectivity index (χ1n) is 17.7. The Morgan fingerprint density at radius 3 is 2.88 bits per heavy atom. The predicted octanol–water partition coefficient (Wildman–Crippen LogP) is 6.16. The number of rotatable bonds is 3. The van der Waals surface area contributed by atoms with Crippen LogP contribution in [0.2, 0.25) is 5.02 Å². The van der Waals surface area contributed by atoms with Crippen molar-refractivity contribution in [3.05, 3.63) is 76.9 Å². The molecule has 2 aliphatic carbocycles. The van der Waals surface area contributed by atoms with Gasteiger partial charge in [-0.25, -0.2) is 19.2 Å². The van der Waals surface area contributed by atoms with E-state index in [9.17, 15) is 9.00 Å². The molecule has 14 heteroatoms. The lowest BCUT2D eigenvalue weighted by molar-refractivity contribution is 0.0131. The summed E-state index contributed by atoms with van der Waals surface area (Å²) in [5.41, 5.74) is 2.80. The molecule has 0 unspecified atom stereocenters. The molecule has 51 heavy (non-hydrogen) atoms. The van der Waals surface area contributed by atoms with Crippen molar-refractivity contribution >= 4 is 50.1 Å². The summed E-state index contributed by atoms with van der Waals surface area (Å²) in [4.78, 5) is 29.9. The lowest BCUT2D eigenvalue weighted by Gasteiger charge is -2.45. The van der Waals surface area contributed by atoms with Crippen LogP contribution >= 0.6 is 11.6 Å². The van der Waals surface area contributed by atoms with Gasteiger partial charge in [0.05, 0.1) is 23.8 Å². The Morgan fingerprint density at radius 2 is 2.06 bits per heavy atom. The number of anilines is 2. The van der Waals surface area contributed by atoms with Crippen LogP contribution in [0.25, 0.3) is 11.0 Å². The summed E-state index contributed by atoms with van der Waals surface area (Å²) in [5, 5.41) is 5.68. The fourth-order valence-electron chi connectivity index (χ4n) is 8.40. The van der Waals surface area contributed by atoms with Gasteiger partial charge in [-0.05, 0) is 91.7 Å². The monoisotopic (exact) mass is 730 g/mol. The van der Waals surface area contributed by atoms with Crippen molar-refractivity contribution in [2.24, 2.45) is 29.2 Å². The molecule has 2 bridgehead atoms. The second-order valence-electron chi connectivity index (χ2n) is 14.7. The summed E-state index contributed by atoms with van der Waals surface area (Å²) >= 11 is 6.46. The average Bonchev–Trinajstić information content (AvgIpc) is 3.41. The van der Waals surface area contributed by atoms with E-state index in [1.165, 1.54) is 17.5 Å². The van der Waals surface area contributed by atoms with Crippen LogP contribution in [0.3, 0.4) is 0 Å². The van der Waals surface area contributed by atoms with Crippen LogP contribution in [-0.4, -0.2) is 73.5 Å². The number of ether oxygens (including phenoxy) is 2. The molecule has 4 aromatic rings. The van der Waals surface area contributed by atoms with Gasteiger partial charge in [0.1, 0.15) is 21.9 Å². The first-order valence-corrected chi connectivity index (χ1v) is 19.8. The second kappa shape index (κ2) is 13.5. The number of amides is 1. The van der Waals surface area contributed by atoms with E-state index in [0.29, 0.717) is 59.8 Å². The zero-order valence-electron chi connectivity index (χ0n) is 29.1. The Kier molecular flexibility index (Phi) is 9.00. The SMILES string of the molecule is CO[C@H]1/C=C/C[C@H](C)C[S@@](=O)(Nc2ncnc3nn(C)cc23)=NC(=O)c2ccc3c(n2)N(C[C@@H]2CC[C@H]21)C[C@@]1(CCCc2cc(Cl)ccc21)CO3. The highest BCUT2D eigenvalue weighted by Gasteiger charge is 2.45. The molecular formula is C37H43ClN8O4S. The molecule has 3 aromatic heterocycles. The zero-order valence-corrected chi connectivity index (χ0v) is 30.7. The molecule has 8 rings (SSSR count). The summed E-state index contributed by atoms with van der Waals surface area (Å²) in [6, 6.07) is 9.66. The maximum Gasteiger partial charge on any atom is 0.305 e. The number of pyridine rings is 1. The van der Waals surface area contributed by atoms with Gasteiger partial charge in [-0.15, -0.1) is 4.36 Å². The standard InChI is InChI=1S/C37H43ClN8O4S/c1-23-6-4-8-31(49-3)27-11-9-25(27)17-46-20-37(15-5-7-24-16-26(38)10-12-29(24)37)21-50-32-14-13-30(41-35(32)46)36(47)44-51(48,19-23)43-34-28-18-45(2)42-33(28)39-22-40-34/h4,8,10,12-14,16,18,22-23,25,27,31H,5-7,9,11,15,17,19-21H2,1-3H3,(H,39,40,42,43,44,47,48)/b8-4+/t23-,25-,27+,31-,37-,51+/m0/s1. The maximum atomic E-state index is 14.8. The van der Waals surface area contributed by atoms with Crippen molar-refractivity contribution in [1.29, 1.82) is 0 Å². The van der Waals surface area contributed by atoms with E-state index >= 15 is 0 Å². The molecule has 0 radical (unpaired) electrons. The van der Waals surface area contributed by atoms with Crippen LogP contribution in [-0.2, 0) is 33.5 Å². The first kappa shape index (κ1) is 34.0. The Hall–Kier alpha value is -4.07. The summed E-state index contributed by atoms with van der Waals surface area (Å²) in [6.45, 7) is 3.91. The Labute approximate surface area is 303 Å². The minimum atomic E-state index is -3.39. The number of aromatic nitrogens is 5. The zero-order chi connectivity index (χ0) is 35.3. The highest BCUT2D eigenvalue weighted by molar-refractivity contribution is 7.95. The third-order valence-electron chi connectivity index (χ3n) is 11.0. The number of fused-ring (bicyclic) bond motifs is 5.